The van der Waals surface area contributed by atoms with E-state index in [1.165, 1.54) is 25.1 Å². The molecule has 2 N–H and O–H groups in total. The summed E-state index contributed by atoms with van der Waals surface area (Å²) in [5, 5.41) is 21.7. The number of carbonyl (C=O) groups excluding carboxylic acids is 1. The van der Waals surface area contributed by atoms with Crippen molar-refractivity contribution >= 4 is 17.6 Å². The fourth-order valence-corrected chi connectivity index (χ4v) is 1.46. The standard InChI is InChI=1S/C11H12N2O5/c1-7(14)12-10-3-2-9(11(15)16)6-8(10)4-5-13(17)18/h2-3,6H,4-5H2,1H3,(H,12,14)(H,15,16). The van der Waals surface area contributed by atoms with Gasteiger partial charge in [-0.15, -0.1) is 0 Å². The van der Waals surface area contributed by atoms with Crippen LogP contribution in [0, 0.1) is 10.1 Å². The Labute approximate surface area is 103 Å². The smallest absolute Gasteiger partial charge is 0.335 e. The maximum Gasteiger partial charge on any atom is 0.335 e. The summed E-state index contributed by atoms with van der Waals surface area (Å²) in [5.74, 6) is -1.44. The molecule has 7 nitrogen and oxygen atoms in total. The fraction of sp³-hybridized carbons (Fsp3) is 0.273. The van der Waals surface area contributed by atoms with Gasteiger partial charge in [0.25, 0.3) is 0 Å². The average Bonchev–Trinajstić information content (AvgIpc) is 2.26. The summed E-state index contributed by atoms with van der Waals surface area (Å²) in [7, 11) is 0. The number of carboxylic acid groups (broad SMARTS) is 1. The fourth-order valence-electron chi connectivity index (χ4n) is 1.46. The third-order valence-corrected chi connectivity index (χ3v) is 2.23. The Hall–Kier alpha value is -2.44. The van der Waals surface area contributed by atoms with E-state index in [4.69, 9.17) is 5.11 Å². The van der Waals surface area contributed by atoms with Crippen molar-refractivity contribution in [1.82, 2.24) is 0 Å². The molecule has 96 valence electrons. The number of hydrogen-bond acceptors (Lipinski definition) is 4. The number of hydrogen-bond donors (Lipinski definition) is 2. The van der Waals surface area contributed by atoms with Crippen molar-refractivity contribution in [2.75, 3.05) is 11.9 Å². The number of nitrogens with zero attached hydrogens (tertiary/aromatic N) is 1. The van der Waals surface area contributed by atoms with Crippen LogP contribution < -0.4 is 5.32 Å². The second-order valence-corrected chi connectivity index (χ2v) is 3.66. The molecule has 0 aromatic heterocycles. The first kappa shape index (κ1) is 13.6. The van der Waals surface area contributed by atoms with Crippen LogP contribution in [0.5, 0.6) is 0 Å². The lowest BCUT2D eigenvalue weighted by Crippen LogP contribution is -2.12. The molecular weight excluding hydrogens is 240 g/mol. The zero-order valence-electron chi connectivity index (χ0n) is 9.67. The molecule has 0 unspecified atom stereocenters. The van der Waals surface area contributed by atoms with Gasteiger partial charge in [0, 0.05) is 24.0 Å². The number of aromatic carboxylic acids is 1. The van der Waals surface area contributed by atoms with E-state index < -0.39 is 10.9 Å². The van der Waals surface area contributed by atoms with Crippen LogP contribution in [0.1, 0.15) is 22.8 Å². The molecule has 1 amide bonds. The first-order valence-electron chi connectivity index (χ1n) is 5.15. The van der Waals surface area contributed by atoms with E-state index in [2.05, 4.69) is 5.32 Å². The maximum absolute atomic E-state index is 11.0. The number of carboxylic acids is 1. The summed E-state index contributed by atoms with van der Waals surface area (Å²) >= 11 is 0. The highest BCUT2D eigenvalue weighted by Gasteiger charge is 2.11. The number of anilines is 1. The quantitative estimate of drug-likeness (QED) is 0.603. The molecule has 1 aromatic rings. The molecule has 0 bridgehead atoms. The molecule has 0 spiro atoms. The van der Waals surface area contributed by atoms with Crippen LogP contribution in [-0.2, 0) is 11.2 Å². The summed E-state index contributed by atoms with van der Waals surface area (Å²) in [4.78, 5) is 31.6. The van der Waals surface area contributed by atoms with Gasteiger partial charge in [-0.25, -0.2) is 4.79 Å². The lowest BCUT2D eigenvalue weighted by Gasteiger charge is -2.09. The van der Waals surface area contributed by atoms with Gasteiger partial charge in [-0.3, -0.25) is 14.9 Å². The van der Waals surface area contributed by atoms with Gasteiger partial charge in [-0.1, -0.05) is 0 Å². The highest BCUT2D eigenvalue weighted by atomic mass is 16.6. The Morgan fingerprint density at radius 2 is 2.11 bits per heavy atom. The molecule has 0 aliphatic heterocycles. The number of carbonyl (C=O) groups is 2. The molecule has 0 heterocycles. The largest absolute Gasteiger partial charge is 0.478 e. The summed E-state index contributed by atoms with van der Waals surface area (Å²) in [6.07, 6.45) is 0.0593. The minimum absolute atomic E-state index is 0.0300. The van der Waals surface area contributed by atoms with E-state index in [0.717, 1.165) is 0 Å². The summed E-state index contributed by atoms with van der Waals surface area (Å²) in [6.45, 7) is 0.984. The first-order chi connectivity index (χ1) is 8.40. The Bertz CT molecular complexity index is 498. The van der Waals surface area contributed by atoms with Crippen molar-refractivity contribution in [3.63, 3.8) is 0 Å². The third kappa shape index (κ3) is 3.85. The van der Waals surface area contributed by atoms with Gasteiger partial charge < -0.3 is 10.4 Å². The van der Waals surface area contributed by atoms with E-state index in [1.807, 2.05) is 0 Å². The van der Waals surface area contributed by atoms with Crippen LogP contribution in [0.25, 0.3) is 0 Å². The van der Waals surface area contributed by atoms with Crippen molar-refractivity contribution in [2.45, 2.75) is 13.3 Å². The van der Waals surface area contributed by atoms with E-state index in [-0.39, 0.29) is 24.4 Å². The molecule has 7 heteroatoms. The zero-order valence-corrected chi connectivity index (χ0v) is 9.67. The third-order valence-electron chi connectivity index (χ3n) is 2.23. The van der Waals surface area contributed by atoms with Crippen molar-refractivity contribution in [2.24, 2.45) is 0 Å². The number of rotatable bonds is 5. The molecule has 0 saturated heterocycles. The molecule has 0 saturated carbocycles. The first-order valence-corrected chi connectivity index (χ1v) is 5.15. The Kier molecular flexibility index (Phi) is 4.36. The Balaban J connectivity index is 3.04. The van der Waals surface area contributed by atoms with Crippen LogP contribution in [0.2, 0.25) is 0 Å². The average molecular weight is 252 g/mol. The van der Waals surface area contributed by atoms with E-state index in [0.29, 0.717) is 11.3 Å². The molecule has 0 aliphatic rings. The van der Waals surface area contributed by atoms with Gasteiger partial charge in [0.15, 0.2) is 0 Å². The van der Waals surface area contributed by atoms with Gasteiger partial charge in [0.05, 0.1) is 5.56 Å². The van der Waals surface area contributed by atoms with E-state index >= 15 is 0 Å². The van der Waals surface area contributed by atoms with Gasteiger partial charge >= 0.3 is 5.97 Å². The normalized spacial score (nSPS) is 9.83. The van der Waals surface area contributed by atoms with Gasteiger partial charge in [0.2, 0.25) is 12.5 Å². The highest BCUT2D eigenvalue weighted by molar-refractivity contribution is 5.92. The molecule has 0 aliphatic carbocycles. The van der Waals surface area contributed by atoms with Gasteiger partial charge in [0.1, 0.15) is 0 Å². The molecule has 0 radical (unpaired) electrons. The summed E-state index contributed by atoms with van der Waals surface area (Å²) in [6, 6.07) is 4.10. The Morgan fingerprint density at radius 3 is 2.61 bits per heavy atom. The Morgan fingerprint density at radius 1 is 1.44 bits per heavy atom. The highest BCUT2D eigenvalue weighted by Crippen LogP contribution is 2.18. The second kappa shape index (κ2) is 5.76. The van der Waals surface area contributed by atoms with Crippen LogP contribution in [0.15, 0.2) is 18.2 Å². The van der Waals surface area contributed by atoms with E-state index in [9.17, 15) is 19.7 Å². The van der Waals surface area contributed by atoms with Crippen molar-refractivity contribution < 1.29 is 19.6 Å². The maximum atomic E-state index is 11.0. The minimum Gasteiger partial charge on any atom is -0.478 e. The van der Waals surface area contributed by atoms with Crippen molar-refractivity contribution in [3.05, 3.63) is 39.4 Å². The van der Waals surface area contributed by atoms with Crippen LogP contribution >= 0.6 is 0 Å². The SMILES string of the molecule is CC(=O)Nc1ccc(C(=O)O)cc1CC[N+](=O)[O-]. The lowest BCUT2D eigenvalue weighted by molar-refractivity contribution is -0.479. The van der Waals surface area contributed by atoms with Crippen LogP contribution in [-0.4, -0.2) is 28.5 Å². The molecule has 1 aromatic carbocycles. The lowest BCUT2D eigenvalue weighted by atomic mass is 10.1. The number of amides is 1. The summed E-state index contributed by atoms with van der Waals surface area (Å²) in [5.41, 5.74) is 0.860. The molecule has 0 atom stereocenters. The molecular formula is C11H12N2O5. The predicted molar refractivity (Wildman–Crippen MR) is 63.3 cm³/mol. The second-order valence-electron chi connectivity index (χ2n) is 3.66. The van der Waals surface area contributed by atoms with E-state index in [1.54, 1.807) is 0 Å². The number of nitrogens with one attached hydrogen (secondary N) is 1. The minimum atomic E-state index is -1.12. The topological polar surface area (TPSA) is 110 Å². The monoisotopic (exact) mass is 252 g/mol. The number of benzene rings is 1. The molecule has 1 rings (SSSR count). The van der Waals surface area contributed by atoms with Crippen molar-refractivity contribution in [3.8, 4) is 0 Å². The summed E-state index contributed by atoms with van der Waals surface area (Å²) < 4.78 is 0. The predicted octanol–water partition coefficient (Wildman–Crippen LogP) is 1.16. The van der Waals surface area contributed by atoms with Crippen LogP contribution in [0.3, 0.4) is 0 Å². The zero-order chi connectivity index (χ0) is 13.7. The molecule has 18 heavy (non-hydrogen) atoms. The van der Waals surface area contributed by atoms with Gasteiger partial charge in [-0.2, -0.15) is 0 Å². The van der Waals surface area contributed by atoms with Crippen molar-refractivity contribution in [1.29, 1.82) is 0 Å². The van der Waals surface area contributed by atoms with Crippen LogP contribution in [0.4, 0.5) is 5.69 Å². The van der Waals surface area contributed by atoms with Gasteiger partial charge in [-0.05, 0) is 23.8 Å². The number of nitro groups is 1. The molecule has 0 fully saturated rings.